The van der Waals surface area contributed by atoms with Crippen molar-refractivity contribution in [2.75, 3.05) is 24.2 Å². The van der Waals surface area contributed by atoms with E-state index in [1.165, 1.54) is 4.88 Å². The lowest BCUT2D eigenvalue weighted by molar-refractivity contribution is 0.120. The Hall–Kier alpha value is -1.40. The van der Waals surface area contributed by atoms with Crippen LogP contribution in [0.5, 0.6) is 0 Å². The maximum atomic E-state index is 5.73. The Balaban J connectivity index is 1.85. The van der Waals surface area contributed by atoms with Crippen molar-refractivity contribution >= 4 is 33.3 Å². The Morgan fingerprint density at radius 2 is 2.44 bits per heavy atom. The summed E-state index contributed by atoms with van der Waals surface area (Å²) in [5.74, 6) is 1.14. The number of nitrogen functional groups attached to an aromatic ring is 1. The zero-order valence-corrected chi connectivity index (χ0v) is 11.1. The molecule has 6 heteroatoms. The molecule has 1 fully saturated rings. The number of rotatable bonds is 3. The Morgan fingerprint density at radius 3 is 3.22 bits per heavy atom. The van der Waals surface area contributed by atoms with Gasteiger partial charge in [0.15, 0.2) is 0 Å². The first kappa shape index (κ1) is 11.7. The first-order chi connectivity index (χ1) is 8.72. The van der Waals surface area contributed by atoms with E-state index in [9.17, 15) is 0 Å². The van der Waals surface area contributed by atoms with Gasteiger partial charge < -0.3 is 15.8 Å². The van der Waals surface area contributed by atoms with E-state index in [1.54, 1.807) is 11.3 Å². The Morgan fingerprint density at radius 1 is 1.56 bits per heavy atom. The third kappa shape index (κ3) is 2.26. The van der Waals surface area contributed by atoms with Crippen molar-refractivity contribution in [3.05, 3.63) is 10.9 Å². The molecule has 1 aliphatic rings. The van der Waals surface area contributed by atoms with Crippen molar-refractivity contribution in [2.24, 2.45) is 0 Å². The lowest BCUT2D eigenvalue weighted by Gasteiger charge is -2.12. The predicted octanol–water partition coefficient (Wildman–Crippen LogP) is 2.17. The maximum Gasteiger partial charge on any atom is 0.223 e. The second kappa shape index (κ2) is 4.70. The number of hydrogen-bond acceptors (Lipinski definition) is 6. The van der Waals surface area contributed by atoms with Crippen molar-refractivity contribution in [1.29, 1.82) is 0 Å². The normalized spacial score (nSPS) is 19.5. The summed E-state index contributed by atoms with van der Waals surface area (Å²) in [6.07, 6.45) is 2.54. The molecule has 0 spiro atoms. The van der Waals surface area contributed by atoms with Gasteiger partial charge in [-0.1, -0.05) is 0 Å². The summed E-state index contributed by atoms with van der Waals surface area (Å²) in [5.41, 5.74) is 5.73. The van der Waals surface area contributed by atoms with Crippen LogP contribution in [0.2, 0.25) is 0 Å². The van der Waals surface area contributed by atoms with E-state index in [1.807, 2.05) is 0 Å². The third-order valence-electron chi connectivity index (χ3n) is 3.05. The van der Waals surface area contributed by atoms with Gasteiger partial charge in [0.1, 0.15) is 10.6 Å². The molecule has 5 nitrogen and oxygen atoms in total. The molecule has 0 radical (unpaired) electrons. The van der Waals surface area contributed by atoms with Crippen LogP contribution < -0.4 is 11.1 Å². The lowest BCUT2D eigenvalue weighted by Crippen LogP contribution is -2.19. The van der Waals surface area contributed by atoms with Crippen LogP contribution in [-0.4, -0.2) is 29.2 Å². The maximum absolute atomic E-state index is 5.73. The number of nitrogens with zero attached hydrogens (tertiary/aromatic N) is 2. The number of hydrogen-bond donors (Lipinski definition) is 2. The molecule has 96 valence electrons. The molecule has 2 aromatic heterocycles. The van der Waals surface area contributed by atoms with Crippen LogP contribution in [0, 0.1) is 6.92 Å². The van der Waals surface area contributed by atoms with Gasteiger partial charge in [0.25, 0.3) is 0 Å². The second-order valence-corrected chi connectivity index (χ2v) is 5.76. The molecule has 0 aromatic carbocycles. The molecule has 1 aliphatic heterocycles. The highest BCUT2D eigenvalue weighted by Gasteiger charge is 2.16. The highest BCUT2D eigenvalue weighted by atomic mass is 32.1. The molecular weight excluding hydrogens is 248 g/mol. The van der Waals surface area contributed by atoms with Crippen molar-refractivity contribution in [1.82, 2.24) is 9.97 Å². The molecule has 18 heavy (non-hydrogen) atoms. The number of aryl methyl sites for hydroxylation is 1. The number of thiophene rings is 1. The number of aromatic nitrogens is 2. The van der Waals surface area contributed by atoms with Crippen molar-refractivity contribution < 1.29 is 4.74 Å². The molecule has 0 bridgehead atoms. The van der Waals surface area contributed by atoms with Gasteiger partial charge in [-0.25, -0.2) is 4.98 Å². The predicted molar refractivity (Wildman–Crippen MR) is 74.0 cm³/mol. The molecule has 3 heterocycles. The Bertz CT molecular complexity index is 562. The van der Waals surface area contributed by atoms with Gasteiger partial charge in [-0.05, 0) is 25.8 Å². The first-order valence-electron chi connectivity index (χ1n) is 6.11. The van der Waals surface area contributed by atoms with Crippen LogP contribution in [0.3, 0.4) is 0 Å². The minimum Gasteiger partial charge on any atom is -0.376 e. The van der Waals surface area contributed by atoms with Crippen molar-refractivity contribution in [3.8, 4) is 0 Å². The van der Waals surface area contributed by atoms with Crippen LogP contribution in [0.1, 0.15) is 17.7 Å². The summed E-state index contributed by atoms with van der Waals surface area (Å²) >= 11 is 1.64. The Kier molecular flexibility index (Phi) is 3.05. The van der Waals surface area contributed by atoms with E-state index < -0.39 is 0 Å². The average Bonchev–Trinajstić information content (AvgIpc) is 2.93. The monoisotopic (exact) mass is 264 g/mol. The third-order valence-corrected chi connectivity index (χ3v) is 4.00. The highest BCUT2D eigenvalue weighted by molar-refractivity contribution is 7.18. The van der Waals surface area contributed by atoms with Gasteiger partial charge in [0.2, 0.25) is 5.95 Å². The molecule has 2 aromatic rings. The second-order valence-electron chi connectivity index (χ2n) is 4.52. The molecule has 3 rings (SSSR count). The van der Waals surface area contributed by atoms with E-state index in [2.05, 4.69) is 28.3 Å². The number of ether oxygens (including phenoxy) is 1. The average molecular weight is 264 g/mol. The van der Waals surface area contributed by atoms with Gasteiger partial charge >= 0.3 is 0 Å². The van der Waals surface area contributed by atoms with Gasteiger partial charge in [-0.15, -0.1) is 11.3 Å². The standard InChI is InChI=1S/C12H16N4OS/c1-7-5-9-10(14-6-8-3-2-4-17-8)15-12(13)16-11(9)18-7/h5,8H,2-4,6H2,1H3,(H3,13,14,15,16). The fourth-order valence-corrected chi connectivity index (χ4v) is 3.10. The molecule has 0 aliphatic carbocycles. The minimum absolute atomic E-state index is 0.288. The molecule has 1 saturated heterocycles. The summed E-state index contributed by atoms with van der Waals surface area (Å²) < 4.78 is 5.59. The summed E-state index contributed by atoms with van der Waals surface area (Å²) in [4.78, 5) is 10.7. The zero-order valence-electron chi connectivity index (χ0n) is 10.3. The van der Waals surface area contributed by atoms with Crippen molar-refractivity contribution in [3.63, 3.8) is 0 Å². The summed E-state index contributed by atoms with van der Waals surface area (Å²) in [7, 11) is 0. The SMILES string of the molecule is Cc1cc2c(NCC3CCCO3)nc(N)nc2s1. The lowest BCUT2D eigenvalue weighted by atomic mass is 10.2. The number of fused-ring (bicyclic) bond motifs is 1. The topological polar surface area (TPSA) is 73.1 Å². The van der Waals surface area contributed by atoms with E-state index in [0.29, 0.717) is 5.95 Å². The highest BCUT2D eigenvalue weighted by Crippen LogP contribution is 2.29. The molecule has 1 atom stereocenters. The quantitative estimate of drug-likeness (QED) is 0.889. The first-order valence-corrected chi connectivity index (χ1v) is 6.93. The van der Waals surface area contributed by atoms with Crippen LogP contribution in [0.15, 0.2) is 6.07 Å². The van der Waals surface area contributed by atoms with Crippen LogP contribution >= 0.6 is 11.3 Å². The van der Waals surface area contributed by atoms with Gasteiger partial charge in [-0.2, -0.15) is 4.98 Å². The smallest absolute Gasteiger partial charge is 0.223 e. The fraction of sp³-hybridized carbons (Fsp3) is 0.500. The van der Waals surface area contributed by atoms with Crippen LogP contribution in [0.4, 0.5) is 11.8 Å². The van der Waals surface area contributed by atoms with Crippen LogP contribution in [0.25, 0.3) is 10.2 Å². The molecule has 0 amide bonds. The largest absolute Gasteiger partial charge is 0.376 e. The zero-order chi connectivity index (χ0) is 12.5. The summed E-state index contributed by atoms with van der Waals surface area (Å²) in [6, 6.07) is 2.09. The van der Waals surface area contributed by atoms with Gasteiger partial charge in [0, 0.05) is 18.0 Å². The minimum atomic E-state index is 0.288. The fourth-order valence-electron chi connectivity index (χ4n) is 2.21. The van der Waals surface area contributed by atoms with Gasteiger partial charge in [0.05, 0.1) is 11.5 Å². The summed E-state index contributed by atoms with van der Waals surface area (Å²) in [6.45, 7) is 3.71. The van der Waals surface area contributed by atoms with E-state index in [0.717, 1.165) is 42.0 Å². The van der Waals surface area contributed by atoms with Crippen molar-refractivity contribution in [2.45, 2.75) is 25.9 Å². The van der Waals surface area contributed by atoms with Gasteiger partial charge in [-0.3, -0.25) is 0 Å². The number of nitrogens with one attached hydrogen (secondary N) is 1. The molecule has 1 unspecified atom stereocenters. The number of nitrogens with two attached hydrogens (primary N) is 1. The molecule has 3 N–H and O–H groups in total. The molecule has 0 saturated carbocycles. The molecular formula is C12H16N4OS. The number of anilines is 2. The summed E-state index contributed by atoms with van der Waals surface area (Å²) in [5, 5.41) is 4.38. The Labute approximate surface area is 109 Å². The van der Waals surface area contributed by atoms with E-state index in [-0.39, 0.29) is 6.10 Å². The van der Waals surface area contributed by atoms with Crippen LogP contribution in [-0.2, 0) is 4.74 Å². The van der Waals surface area contributed by atoms with E-state index >= 15 is 0 Å². The van der Waals surface area contributed by atoms with E-state index in [4.69, 9.17) is 10.5 Å².